The summed E-state index contributed by atoms with van der Waals surface area (Å²) in [7, 11) is 3.50. The summed E-state index contributed by atoms with van der Waals surface area (Å²) in [6.45, 7) is 32.3. The van der Waals surface area contributed by atoms with Crippen molar-refractivity contribution >= 4 is 23.8 Å². The maximum absolute atomic E-state index is 10.9. The summed E-state index contributed by atoms with van der Waals surface area (Å²) < 4.78 is 3.73. The first kappa shape index (κ1) is 61.0. The summed E-state index contributed by atoms with van der Waals surface area (Å²) in [5.74, 6) is 1.88. The zero-order valence-electron chi connectivity index (χ0n) is 46.8. The summed E-state index contributed by atoms with van der Waals surface area (Å²) in [5.41, 5.74) is 20.0. The molecule has 0 amide bonds. The monoisotopic (exact) mass is 1010 g/mol. The third-order valence-electron chi connectivity index (χ3n) is 12.0. The van der Waals surface area contributed by atoms with E-state index < -0.39 is 0 Å². The van der Waals surface area contributed by atoms with Crippen LogP contribution in [0.2, 0.25) is 0 Å². The molecule has 0 saturated carbocycles. The Kier molecular flexibility index (Phi) is 25.1. The quantitative estimate of drug-likeness (QED) is 0.101. The van der Waals surface area contributed by atoms with E-state index in [4.69, 9.17) is 9.98 Å². The minimum Gasteiger partial charge on any atom is -0.668 e. The Hall–Kier alpha value is -6.32. The summed E-state index contributed by atoms with van der Waals surface area (Å²) in [6, 6.07) is 39.6. The minimum absolute atomic E-state index is 0. The third kappa shape index (κ3) is 17.7. The molecule has 0 fully saturated rings. The first-order valence-corrected chi connectivity index (χ1v) is 25.3. The van der Waals surface area contributed by atoms with E-state index in [0.29, 0.717) is 23.7 Å². The second-order valence-corrected chi connectivity index (χ2v) is 19.8. The van der Waals surface area contributed by atoms with Crippen molar-refractivity contribution in [2.75, 3.05) is 14.1 Å². The average Bonchev–Trinajstić information content (AvgIpc) is 4.12. The molecule has 0 aliphatic carbocycles. The van der Waals surface area contributed by atoms with Crippen molar-refractivity contribution in [2.45, 2.75) is 128 Å². The fraction of sp³-hybridized carbons (Fsp3) is 0.328. The average molecular weight is 1010 g/mol. The molecule has 3 heterocycles. The van der Waals surface area contributed by atoms with Crippen LogP contribution in [-0.2, 0) is 21.7 Å². The van der Waals surface area contributed by atoms with E-state index in [0.717, 1.165) is 56.4 Å². The Labute approximate surface area is 454 Å². The molecule has 8 rings (SSSR count). The van der Waals surface area contributed by atoms with Crippen molar-refractivity contribution in [1.82, 2.24) is 19.1 Å². The van der Waals surface area contributed by atoms with Gasteiger partial charge < -0.3 is 29.8 Å². The van der Waals surface area contributed by atoms with Gasteiger partial charge in [-0.1, -0.05) is 187 Å². The number of imidazole rings is 1. The molecule has 0 atom stereocenters. The second kappa shape index (κ2) is 30.0. The molecule has 5 aromatic carbocycles. The fourth-order valence-electron chi connectivity index (χ4n) is 8.73. The van der Waals surface area contributed by atoms with Crippen LogP contribution in [0.15, 0.2) is 150 Å². The first-order valence-electron chi connectivity index (χ1n) is 25.3. The number of aliphatic imine (C=N–C) groups is 2. The van der Waals surface area contributed by atoms with Gasteiger partial charge in [-0.25, -0.2) is 0 Å². The summed E-state index contributed by atoms with van der Waals surface area (Å²) >= 11 is 0. The Balaban J connectivity index is 0.000000264. The molecule has 3 aromatic heterocycles. The molecule has 0 N–H and O–H groups in total. The summed E-state index contributed by atoms with van der Waals surface area (Å²) in [5, 5.41) is 14.4. The topological polar surface area (TPSA) is 99.2 Å². The molecule has 0 unspecified atom stereocenters. The normalized spacial score (nSPS) is 10.9. The van der Waals surface area contributed by atoms with Crippen LogP contribution in [-0.4, -0.2) is 35.7 Å². The molecule has 9 heteroatoms. The number of hydrogen-bond acceptors (Lipinski definition) is 2. The van der Waals surface area contributed by atoms with Crippen LogP contribution in [0.3, 0.4) is 0 Å². The molecule has 73 heavy (non-hydrogen) atoms. The second-order valence-electron chi connectivity index (χ2n) is 19.8. The zero-order chi connectivity index (χ0) is 53.1. The Bertz CT molecular complexity index is 2720. The number of rotatable bonds is 10. The van der Waals surface area contributed by atoms with Crippen LogP contribution in [0, 0.1) is 48.5 Å². The molecule has 0 spiro atoms. The minimum atomic E-state index is 0. The summed E-state index contributed by atoms with van der Waals surface area (Å²) in [4.78, 5) is 17.9. The number of aryl methyl sites for hydroxylation is 7. The molecule has 8 nitrogen and oxygen atoms in total. The van der Waals surface area contributed by atoms with Crippen molar-refractivity contribution in [2.24, 2.45) is 9.98 Å². The largest absolute Gasteiger partial charge is 4.00 e. The van der Waals surface area contributed by atoms with E-state index in [2.05, 4.69) is 192 Å². The van der Waals surface area contributed by atoms with Gasteiger partial charge in [0.05, 0.1) is 11.4 Å². The SMILES string of the molecule is CC(C)c1cccc(C(C)C)c1N=Cc1ccc[n-]1.CC(C)c1cccc(C(C)C)c1N=Cc1ccc[n-]1.C[N-]C.Cc1cc(C)c(-n2ccn(-c3c(C)cc(C)cc3C)c2=[N-])c(C)c1.Cc1ccccc1.[Ti+4]. The van der Waals surface area contributed by atoms with Crippen LogP contribution in [0.5, 0.6) is 0 Å². The van der Waals surface area contributed by atoms with Gasteiger partial charge >= 0.3 is 21.7 Å². The van der Waals surface area contributed by atoms with E-state index >= 15 is 0 Å². The maximum atomic E-state index is 10.9. The van der Waals surface area contributed by atoms with Gasteiger partial charge in [0.2, 0.25) is 0 Å². The Morgan fingerprint density at radius 1 is 0.452 bits per heavy atom. The van der Waals surface area contributed by atoms with Crippen molar-refractivity contribution in [1.29, 1.82) is 0 Å². The van der Waals surface area contributed by atoms with E-state index in [1.54, 1.807) is 26.5 Å². The van der Waals surface area contributed by atoms with Crippen molar-refractivity contribution in [3.63, 3.8) is 0 Å². The molecule has 0 aliphatic heterocycles. The number of para-hydroxylation sites is 2. The molecule has 0 radical (unpaired) electrons. The van der Waals surface area contributed by atoms with Crippen LogP contribution < -0.4 is 15.6 Å². The van der Waals surface area contributed by atoms with Gasteiger partial charge in [-0.2, -0.15) is 26.5 Å². The Morgan fingerprint density at radius 3 is 1.01 bits per heavy atom. The van der Waals surface area contributed by atoms with Gasteiger partial charge in [-0.05, 0) is 140 Å². The van der Waals surface area contributed by atoms with Gasteiger partial charge in [-0.3, -0.25) is 9.98 Å². The van der Waals surface area contributed by atoms with Gasteiger partial charge in [0.15, 0.2) is 0 Å². The smallest absolute Gasteiger partial charge is 0.668 e. The first-order chi connectivity index (χ1) is 34.3. The molecule has 0 bridgehead atoms. The molecular weight excluding hydrogens is 929 g/mol. The van der Waals surface area contributed by atoms with Crippen LogP contribution in [0.25, 0.3) is 22.1 Å². The number of hydrogen-bond donors (Lipinski definition) is 0. The van der Waals surface area contributed by atoms with Crippen molar-refractivity contribution in [3.8, 4) is 11.4 Å². The zero-order valence-corrected chi connectivity index (χ0v) is 48.4. The number of benzene rings is 5. The molecular formula is C64H80N8Ti. The fourth-order valence-corrected chi connectivity index (χ4v) is 8.73. The van der Waals surface area contributed by atoms with Crippen LogP contribution in [0.1, 0.15) is 152 Å². The molecule has 0 aliphatic rings. The van der Waals surface area contributed by atoms with E-state index in [9.17, 15) is 5.41 Å². The molecule has 380 valence electrons. The van der Waals surface area contributed by atoms with Gasteiger partial charge in [0.25, 0.3) is 0 Å². The number of nitrogens with zero attached hydrogens (tertiary/aromatic N) is 8. The molecule has 0 saturated heterocycles. The van der Waals surface area contributed by atoms with E-state index in [-0.39, 0.29) is 27.3 Å². The van der Waals surface area contributed by atoms with Crippen LogP contribution in [0.4, 0.5) is 11.4 Å². The van der Waals surface area contributed by atoms with Gasteiger partial charge in [0, 0.05) is 18.0 Å². The standard InChI is InChI=1S/C21H24N3.2C17H21N2.C7H8.C2H6N.Ti/c1-13-9-15(3)19(16(4)10-13)23-7-8-24(21(23)22)20-17(5)11-14(2)12-18(20)6;2*1-12(2)15-8-5-9-16(13(3)4)17(15)19-11-14-7-6-10-18-14;1-7-5-3-2-4-6-7;1-3-2;/h7-12H,1-6H3;2*5-13H,1-4H3;2-6H,1H3;1-2H3;/q3*-1;;-1;+4. The van der Waals surface area contributed by atoms with Crippen molar-refractivity contribution in [3.05, 3.63) is 229 Å². The third-order valence-corrected chi connectivity index (χ3v) is 12.0. The summed E-state index contributed by atoms with van der Waals surface area (Å²) in [6.07, 6.45) is 11.1. The predicted octanol–water partition coefficient (Wildman–Crippen LogP) is 16.5. The van der Waals surface area contributed by atoms with E-state index in [1.165, 1.54) is 38.9 Å². The maximum Gasteiger partial charge on any atom is 4.00 e. The molecule has 8 aromatic rings. The van der Waals surface area contributed by atoms with Gasteiger partial charge in [0.1, 0.15) is 0 Å². The van der Waals surface area contributed by atoms with E-state index in [1.807, 2.05) is 76.4 Å². The predicted molar refractivity (Wildman–Crippen MR) is 310 cm³/mol. The Morgan fingerprint density at radius 2 is 0.767 bits per heavy atom. The van der Waals surface area contributed by atoms with Gasteiger partial charge in [-0.15, -0.1) is 11.4 Å². The van der Waals surface area contributed by atoms with Crippen molar-refractivity contribution < 1.29 is 21.7 Å². The number of aromatic nitrogens is 4. The van der Waals surface area contributed by atoms with Crippen LogP contribution >= 0.6 is 0 Å².